The molecule has 0 spiro atoms. The van der Waals surface area contributed by atoms with Crippen LogP contribution in [0, 0.1) is 0 Å². The first-order valence-electron chi connectivity index (χ1n) is 3.21. The number of thioether (sulfide) groups is 2. The van der Waals surface area contributed by atoms with Crippen LogP contribution in [0.4, 0.5) is 0 Å². The van der Waals surface area contributed by atoms with Crippen molar-refractivity contribution >= 4 is 29.8 Å². The molecule has 1 rings (SSSR count). The molecule has 0 radical (unpaired) electrons. The molecule has 1 saturated heterocycles. The number of hydrogen-bond donors (Lipinski definition) is 1. The molecule has 0 aromatic rings. The highest BCUT2D eigenvalue weighted by atomic mass is 32.2. The minimum Gasteiger partial charge on any atom is -0.384 e. The fourth-order valence-corrected chi connectivity index (χ4v) is 3.52. The van der Waals surface area contributed by atoms with E-state index in [1.807, 2.05) is 0 Å². The smallest absolute Gasteiger partial charge is 0.150 e. The third-order valence-corrected chi connectivity index (χ3v) is 4.35. The molecule has 58 valence electrons. The molecule has 1 heterocycles. The lowest BCUT2D eigenvalue weighted by atomic mass is 10.5. The lowest BCUT2D eigenvalue weighted by molar-refractivity contribution is -0.114. The molecule has 0 amide bonds. The summed E-state index contributed by atoms with van der Waals surface area (Å²) in [6.07, 6.45) is 1.04. The molecule has 0 aromatic heterocycles. The molecule has 2 nitrogen and oxygen atoms in total. The Bertz CT molecular complexity index is 112. The zero-order valence-corrected chi connectivity index (χ0v) is 7.16. The maximum absolute atomic E-state index is 10.1. The summed E-state index contributed by atoms with van der Waals surface area (Å²) in [6, 6.07) is 0. The topological polar surface area (TPSA) is 37.3 Å². The summed E-state index contributed by atoms with van der Waals surface area (Å²) in [5.41, 5.74) is 0. The lowest BCUT2D eigenvalue weighted by Gasteiger charge is -2.21. The normalized spacial score (nSPS) is 24.1. The van der Waals surface area contributed by atoms with Gasteiger partial charge in [0.25, 0.3) is 0 Å². The van der Waals surface area contributed by atoms with Crippen molar-refractivity contribution in [3.8, 4) is 0 Å². The van der Waals surface area contributed by atoms with E-state index in [0.29, 0.717) is 6.29 Å². The summed E-state index contributed by atoms with van der Waals surface area (Å²) in [4.78, 5) is 10.1. The Morgan fingerprint density at radius 3 is 2.60 bits per heavy atom. The number of rotatable bonds is 2. The van der Waals surface area contributed by atoms with E-state index in [4.69, 9.17) is 5.11 Å². The van der Waals surface area contributed by atoms with Gasteiger partial charge in [-0.25, -0.2) is 0 Å². The molecule has 1 aliphatic heterocycles. The van der Waals surface area contributed by atoms with Gasteiger partial charge in [-0.2, -0.15) is 0 Å². The van der Waals surface area contributed by atoms with E-state index in [1.165, 1.54) is 6.42 Å². The highest BCUT2D eigenvalue weighted by Crippen LogP contribution is 2.32. The van der Waals surface area contributed by atoms with Crippen molar-refractivity contribution in [3.05, 3.63) is 0 Å². The molecule has 1 fully saturated rings. The Labute approximate surface area is 68.8 Å². The van der Waals surface area contributed by atoms with E-state index in [-0.39, 0.29) is 4.58 Å². The van der Waals surface area contributed by atoms with Crippen molar-refractivity contribution in [2.45, 2.75) is 17.1 Å². The van der Waals surface area contributed by atoms with E-state index in [1.54, 1.807) is 23.5 Å². The highest BCUT2D eigenvalue weighted by molar-refractivity contribution is 8.17. The molecule has 10 heavy (non-hydrogen) atoms. The predicted molar refractivity (Wildman–Crippen MR) is 45.4 cm³/mol. The van der Waals surface area contributed by atoms with Gasteiger partial charge in [0.2, 0.25) is 0 Å². The summed E-state index contributed by atoms with van der Waals surface area (Å²) in [6.45, 7) is 0. The summed E-state index contributed by atoms with van der Waals surface area (Å²) in [7, 11) is 0. The molecular weight excluding hydrogens is 168 g/mol. The third kappa shape index (κ3) is 2.18. The molecule has 1 N–H and O–H groups in total. The molecule has 0 aromatic carbocycles. The number of hydrogen-bond acceptors (Lipinski definition) is 4. The molecule has 1 atom stereocenters. The van der Waals surface area contributed by atoms with Crippen molar-refractivity contribution in [3.63, 3.8) is 0 Å². The molecule has 0 bridgehead atoms. The first-order chi connectivity index (χ1) is 4.84. The zero-order chi connectivity index (χ0) is 7.40. The number of aliphatic hydroxyl groups excluding tert-OH is 1. The van der Waals surface area contributed by atoms with Gasteiger partial charge in [0, 0.05) is 0 Å². The Hall–Kier alpha value is 0.330. The molecule has 0 saturated carbocycles. The second-order valence-electron chi connectivity index (χ2n) is 2.09. The Kier molecular flexibility index (Phi) is 3.59. The summed E-state index contributed by atoms with van der Waals surface area (Å²) in [5.74, 6) is 2.14. The SMILES string of the molecule is O=CC(O)C1SCCCS1. The number of aldehydes is 1. The molecular formula is C6H10O2S2. The Morgan fingerprint density at radius 1 is 1.50 bits per heavy atom. The van der Waals surface area contributed by atoms with Crippen LogP contribution in [0.3, 0.4) is 0 Å². The van der Waals surface area contributed by atoms with Gasteiger partial charge in [-0.3, -0.25) is 0 Å². The molecule has 0 aliphatic carbocycles. The zero-order valence-electron chi connectivity index (χ0n) is 5.53. The van der Waals surface area contributed by atoms with Crippen molar-refractivity contribution in [2.24, 2.45) is 0 Å². The van der Waals surface area contributed by atoms with Crippen LogP contribution < -0.4 is 0 Å². The van der Waals surface area contributed by atoms with Gasteiger partial charge in [-0.15, -0.1) is 23.5 Å². The maximum Gasteiger partial charge on any atom is 0.150 e. The average Bonchev–Trinajstić information content (AvgIpc) is 2.05. The van der Waals surface area contributed by atoms with Gasteiger partial charge in [0.05, 0.1) is 4.58 Å². The van der Waals surface area contributed by atoms with Gasteiger partial charge in [0.1, 0.15) is 12.4 Å². The van der Waals surface area contributed by atoms with Crippen LogP contribution in [-0.2, 0) is 4.79 Å². The van der Waals surface area contributed by atoms with E-state index in [2.05, 4.69) is 0 Å². The van der Waals surface area contributed by atoms with E-state index in [0.717, 1.165) is 11.5 Å². The first kappa shape index (κ1) is 8.43. The van der Waals surface area contributed by atoms with E-state index < -0.39 is 6.10 Å². The lowest BCUT2D eigenvalue weighted by Crippen LogP contribution is -2.24. The van der Waals surface area contributed by atoms with Crippen LogP contribution in [0.1, 0.15) is 6.42 Å². The average molecular weight is 178 g/mol. The number of carbonyl (C=O) groups is 1. The van der Waals surface area contributed by atoms with Gasteiger partial charge in [0.15, 0.2) is 0 Å². The van der Waals surface area contributed by atoms with E-state index in [9.17, 15) is 4.79 Å². The summed E-state index contributed by atoms with van der Waals surface area (Å²) in [5, 5.41) is 9.07. The van der Waals surface area contributed by atoms with Crippen molar-refractivity contribution in [2.75, 3.05) is 11.5 Å². The number of carbonyl (C=O) groups excluding carboxylic acids is 1. The van der Waals surface area contributed by atoms with Crippen LogP contribution in [0.2, 0.25) is 0 Å². The van der Waals surface area contributed by atoms with E-state index >= 15 is 0 Å². The van der Waals surface area contributed by atoms with Crippen molar-refractivity contribution in [1.82, 2.24) is 0 Å². The quantitative estimate of drug-likeness (QED) is 0.633. The second-order valence-corrected chi connectivity index (χ2v) is 4.89. The van der Waals surface area contributed by atoms with Gasteiger partial charge in [-0.05, 0) is 17.9 Å². The molecule has 1 unspecified atom stereocenters. The number of aliphatic hydroxyl groups is 1. The summed E-state index contributed by atoms with van der Waals surface area (Å²) >= 11 is 3.36. The van der Waals surface area contributed by atoms with Crippen LogP contribution in [0.5, 0.6) is 0 Å². The third-order valence-electron chi connectivity index (χ3n) is 1.27. The fourth-order valence-electron chi connectivity index (χ4n) is 0.767. The van der Waals surface area contributed by atoms with Gasteiger partial charge >= 0.3 is 0 Å². The largest absolute Gasteiger partial charge is 0.384 e. The Balaban J connectivity index is 2.30. The summed E-state index contributed by atoms with van der Waals surface area (Å²) < 4.78 is 0.0891. The minimum atomic E-state index is -0.768. The van der Waals surface area contributed by atoms with Crippen molar-refractivity contribution < 1.29 is 9.90 Å². The van der Waals surface area contributed by atoms with Crippen LogP contribution >= 0.6 is 23.5 Å². The first-order valence-corrected chi connectivity index (χ1v) is 5.31. The highest BCUT2D eigenvalue weighted by Gasteiger charge is 2.21. The molecule has 4 heteroatoms. The second kappa shape index (κ2) is 4.26. The van der Waals surface area contributed by atoms with Crippen LogP contribution in [-0.4, -0.2) is 33.6 Å². The Morgan fingerprint density at radius 2 is 2.10 bits per heavy atom. The van der Waals surface area contributed by atoms with Gasteiger partial charge in [-0.1, -0.05) is 0 Å². The van der Waals surface area contributed by atoms with Crippen molar-refractivity contribution in [1.29, 1.82) is 0 Å². The van der Waals surface area contributed by atoms with Crippen LogP contribution in [0.15, 0.2) is 0 Å². The predicted octanol–water partition coefficient (Wildman–Crippen LogP) is 0.742. The molecule has 1 aliphatic rings. The standard InChI is InChI=1S/C6H10O2S2/c7-4-5(8)6-9-2-1-3-10-6/h4-6,8H,1-3H2. The minimum absolute atomic E-state index is 0.0891. The fraction of sp³-hybridized carbons (Fsp3) is 0.833. The van der Waals surface area contributed by atoms with Gasteiger partial charge < -0.3 is 9.90 Å². The monoisotopic (exact) mass is 178 g/mol. The van der Waals surface area contributed by atoms with Crippen LogP contribution in [0.25, 0.3) is 0 Å². The maximum atomic E-state index is 10.1.